The van der Waals surface area contributed by atoms with E-state index in [9.17, 15) is 4.79 Å². The zero-order chi connectivity index (χ0) is 11.2. The normalized spacial score (nSPS) is 21.9. The third kappa shape index (κ3) is 1.34. The average Bonchev–Trinajstić information content (AvgIpc) is 2.53. The van der Waals surface area contributed by atoms with Gasteiger partial charge in [0.25, 0.3) is 0 Å². The number of hydrogen-bond acceptors (Lipinski definition) is 1. The molecule has 16 heavy (non-hydrogen) atoms. The van der Waals surface area contributed by atoms with E-state index in [1.807, 2.05) is 12.1 Å². The zero-order valence-electron chi connectivity index (χ0n) is 9.05. The summed E-state index contributed by atoms with van der Waals surface area (Å²) in [4.78, 5) is 12.2. The highest BCUT2D eigenvalue weighted by molar-refractivity contribution is 9.10. The van der Waals surface area contributed by atoms with Crippen LogP contribution in [0.4, 0.5) is 5.69 Å². The molecule has 3 heteroatoms. The number of rotatable bonds is 0. The number of carbonyl (C=O) groups is 1. The fourth-order valence-electron chi connectivity index (χ4n) is 3.05. The summed E-state index contributed by atoms with van der Waals surface area (Å²) >= 11 is 3.45. The van der Waals surface area contributed by atoms with Crippen molar-refractivity contribution < 1.29 is 4.79 Å². The maximum absolute atomic E-state index is 12.2. The Morgan fingerprint density at radius 1 is 1.19 bits per heavy atom. The van der Waals surface area contributed by atoms with Crippen LogP contribution < -0.4 is 5.32 Å². The second-order valence-corrected chi connectivity index (χ2v) is 5.70. The SMILES string of the molecule is O=C1Nc2cc(Br)ccc2C12CCCCC2. The third-order valence-electron chi connectivity index (χ3n) is 3.89. The van der Waals surface area contributed by atoms with E-state index in [1.54, 1.807) is 0 Å². The van der Waals surface area contributed by atoms with Gasteiger partial charge in [0.2, 0.25) is 5.91 Å². The predicted molar refractivity (Wildman–Crippen MR) is 67.5 cm³/mol. The number of carbonyl (C=O) groups excluding carboxylic acids is 1. The minimum Gasteiger partial charge on any atom is -0.325 e. The minimum atomic E-state index is -0.214. The van der Waals surface area contributed by atoms with Crippen LogP contribution in [0.1, 0.15) is 37.7 Å². The molecule has 1 aromatic rings. The lowest BCUT2D eigenvalue weighted by molar-refractivity contribution is -0.121. The molecule has 0 unspecified atom stereocenters. The molecule has 2 aliphatic rings. The number of anilines is 1. The van der Waals surface area contributed by atoms with Crippen molar-refractivity contribution in [2.45, 2.75) is 37.5 Å². The summed E-state index contributed by atoms with van der Waals surface area (Å²) in [6.07, 6.45) is 5.62. The van der Waals surface area contributed by atoms with Crippen molar-refractivity contribution in [1.82, 2.24) is 0 Å². The summed E-state index contributed by atoms with van der Waals surface area (Å²) in [6, 6.07) is 6.15. The molecule has 3 rings (SSSR count). The van der Waals surface area contributed by atoms with Crippen LogP contribution in [0.2, 0.25) is 0 Å². The molecule has 2 nitrogen and oxygen atoms in total. The number of nitrogens with one attached hydrogen (secondary N) is 1. The van der Waals surface area contributed by atoms with E-state index in [1.165, 1.54) is 24.8 Å². The Kier molecular flexibility index (Phi) is 2.32. The first-order valence-electron chi connectivity index (χ1n) is 5.84. The van der Waals surface area contributed by atoms with E-state index in [0.717, 1.165) is 23.0 Å². The maximum atomic E-state index is 12.2. The van der Waals surface area contributed by atoms with Crippen molar-refractivity contribution in [3.05, 3.63) is 28.2 Å². The molecule has 0 saturated heterocycles. The average molecular weight is 280 g/mol. The molecule has 1 aromatic carbocycles. The number of amides is 1. The van der Waals surface area contributed by atoms with E-state index in [4.69, 9.17) is 0 Å². The second-order valence-electron chi connectivity index (χ2n) is 4.79. The Bertz CT molecular complexity index is 449. The largest absolute Gasteiger partial charge is 0.325 e. The lowest BCUT2D eigenvalue weighted by atomic mass is 9.70. The molecule has 1 aliphatic heterocycles. The summed E-state index contributed by atoms with van der Waals surface area (Å²) in [7, 11) is 0. The molecule has 1 aliphatic carbocycles. The van der Waals surface area contributed by atoms with Gasteiger partial charge in [0.15, 0.2) is 0 Å². The number of halogens is 1. The molecule has 1 amide bonds. The van der Waals surface area contributed by atoms with Crippen LogP contribution in [0.3, 0.4) is 0 Å². The molecule has 1 N–H and O–H groups in total. The van der Waals surface area contributed by atoms with Gasteiger partial charge in [-0.3, -0.25) is 4.79 Å². The Balaban J connectivity index is 2.11. The van der Waals surface area contributed by atoms with Gasteiger partial charge in [-0.15, -0.1) is 0 Å². The standard InChI is InChI=1S/C13H14BrNO/c14-9-4-5-10-11(8-9)15-12(16)13(10)6-2-1-3-7-13/h4-5,8H,1-3,6-7H2,(H,15,16). The first kappa shape index (κ1) is 10.3. The molecule has 0 atom stereocenters. The molecule has 0 aromatic heterocycles. The van der Waals surface area contributed by atoms with Gasteiger partial charge in [-0.1, -0.05) is 41.3 Å². The number of benzene rings is 1. The van der Waals surface area contributed by atoms with Gasteiger partial charge in [-0.05, 0) is 30.5 Å². The number of fused-ring (bicyclic) bond motifs is 2. The summed E-state index contributed by atoms with van der Waals surface area (Å²) < 4.78 is 1.03. The zero-order valence-corrected chi connectivity index (χ0v) is 10.6. The molecule has 0 bridgehead atoms. The first-order chi connectivity index (χ1) is 7.72. The van der Waals surface area contributed by atoms with Crippen LogP contribution in [0.25, 0.3) is 0 Å². The van der Waals surface area contributed by atoms with E-state index in [-0.39, 0.29) is 11.3 Å². The second kappa shape index (κ2) is 3.59. The minimum absolute atomic E-state index is 0.209. The molecule has 0 radical (unpaired) electrons. The van der Waals surface area contributed by atoms with Gasteiger partial charge in [0.1, 0.15) is 0 Å². The third-order valence-corrected chi connectivity index (χ3v) is 4.38. The first-order valence-corrected chi connectivity index (χ1v) is 6.63. The van der Waals surface area contributed by atoms with Crippen molar-refractivity contribution in [2.24, 2.45) is 0 Å². The van der Waals surface area contributed by atoms with E-state index < -0.39 is 0 Å². The van der Waals surface area contributed by atoms with E-state index in [2.05, 4.69) is 27.3 Å². The molecule has 1 fully saturated rings. The maximum Gasteiger partial charge on any atom is 0.235 e. The van der Waals surface area contributed by atoms with Crippen LogP contribution in [0.5, 0.6) is 0 Å². The summed E-state index contributed by atoms with van der Waals surface area (Å²) in [5, 5.41) is 3.03. The van der Waals surface area contributed by atoms with Crippen molar-refractivity contribution in [1.29, 1.82) is 0 Å². The molecular formula is C13H14BrNO. The monoisotopic (exact) mass is 279 g/mol. The summed E-state index contributed by atoms with van der Waals surface area (Å²) in [6.45, 7) is 0. The topological polar surface area (TPSA) is 29.1 Å². The fraction of sp³-hybridized carbons (Fsp3) is 0.462. The quantitative estimate of drug-likeness (QED) is 0.773. The van der Waals surface area contributed by atoms with Crippen molar-refractivity contribution in [3.8, 4) is 0 Å². The van der Waals surface area contributed by atoms with Gasteiger partial charge in [-0.25, -0.2) is 0 Å². The van der Waals surface area contributed by atoms with Gasteiger partial charge in [0.05, 0.1) is 5.41 Å². The van der Waals surface area contributed by atoms with Gasteiger partial charge in [-0.2, -0.15) is 0 Å². The van der Waals surface area contributed by atoms with Gasteiger partial charge < -0.3 is 5.32 Å². The van der Waals surface area contributed by atoms with Crippen LogP contribution in [0, 0.1) is 0 Å². The van der Waals surface area contributed by atoms with Crippen LogP contribution in [0.15, 0.2) is 22.7 Å². The van der Waals surface area contributed by atoms with E-state index in [0.29, 0.717) is 0 Å². The fourth-order valence-corrected chi connectivity index (χ4v) is 3.41. The summed E-state index contributed by atoms with van der Waals surface area (Å²) in [5.41, 5.74) is 2.00. The van der Waals surface area contributed by atoms with Crippen LogP contribution in [-0.2, 0) is 10.2 Å². The van der Waals surface area contributed by atoms with Crippen LogP contribution >= 0.6 is 15.9 Å². The highest BCUT2D eigenvalue weighted by atomic mass is 79.9. The Hall–Kier alpha value is -0.830. The van der Waals surface area contributed by atoms with Gasteiger partial charge >= 0.3 is 0 Å². The molecule has 1 heterocycles. The lowest BCUT2D eigenvalue weighted by Crippen LogP contribution is -2.36. The predicted octanol–water partition coefficient (Wildman–Crippen LogP) is 3.60. The molecular weight excluding hydrogens is 266 g/mol. The smallest absolute Gasteiger partial charge is 0.235 e. The lowest BCUT2D eigenvalue weighted by Gasteiger charge is -2.31. The highest BCUT2D eigenvalue weighted by Crippen LogP contribution is 2.47. The Labute approximate surface area is 104 Å². The Morgan fingerprint density at radius 3 is 2.69 bits per heavy atom. The highest BCUT2D eigenvalue weighted by Gasteiger charge is 2.46. The van der Waals surface area contributed by atoms with Crippen molar-refractivity contribution in [2.75, 3.05) is 5.32 Å². The van der Waals surface area contributed by atoms with Crippen LogP contribution in [-0.4, -0.2) is 5.91 Å². The van der Waals surface area contributed by atoms with Crippen molar-refractivity contribution in [3.63, 3.8) is 0 Å². The van der Waals surface area contributed by atoms with E-state index >= 15 is 0 Å². The Morgan fingerprint density at radius 2 is 1.94 bits per heavy atom. The number of hydrogen-bond donors (Lipinski definition) is 1. The molecule has 1 saturated carbocycles. The molecule has 1 spiro atoms. The molecule has 84 valence electrons. The van der Waals surface area contributed by atoms with Gasteiger partial charge in [0, 0.05) is 10.2 Å². The van der Waals surface area contributed by atoms with Crippen molar-refractivity contribution >= 4 is 27.5 Å². The summed E-state index contributed by atoms with van der Waals surface area (Å²) in [5.74, 6) is 0.209.